The third kappa shape index (κ3) is 1.62. The average molecular weight is 220 g/mol. The summed E-state index contributed by atoms with van der Waals surface area (Å²) in [6, 6.07) is 1.65. The number of rotatable bonds is 3. The first-order chi connectivity index (χ1) is 7.63. The predicted octanol–water partition coefficient (Wildman–Crippen LogP) is 0.500. The van der Waals surface area contributed by atoms with Crippen LogP contribution in [0, 0.1) is 0 Å². The van der Waals surface area contributed by atoms with Gasteiger partial charge in [-0.15, -0.1) is 0 Å². The highest BCUT2D eigenvalue weighted by Crippen LogP contribution is 2.15. The maximum absolute atomic E-state index is 11.5. The van der Waals surface area contributed by atoms with Gasteiger partial charge < -0.3 is 0 Å². The van der Waals surface area contributed by atoms with Gasteiger partial charge in [-0.1, -0.05) is 6.92 Å². The van der Waals surface area contributed by atoms with Gasteiger partial charge in [-0.25, -0.2) is 19.3 Å². The van der Waals surface area contributed by atoms with E-state index >= 15 is 0 Å². The Kier molecular flexibility index (Phi) is 2.55. The lowest BCUT2D eigenvalue weighted by Crippen LogP contribution is -2.13. The molecule has 0 aliphatic heterocycles. The van der Waals surface area contributed by atoms with Gasteiger partial charge in [0.15, 0.2) is 5.65 Å². The van der Waals surface area contributed by atoms with E-state index in [4.69, 9.17) is 0 Å². The molecule has 0 aromatic carbocycles. The number of carbonyl (C=O) groups excluding carboxylic acids is 1. The maximum Gasteiger partial charge on any atom is 0.348 e. The van der Waals surface area contributed by atoms with Gasteiger partial charge in [0, 0.05) is 12.5 Å². The predicted molar refractivity (Wildman–Crippen MR) is 57.3 cm³/mol. The Hall–Kier alpha value is -1.98. The Labute approximate surface area is 91.3 Å². The van der Waals surface area contributed by atoms with Gasteiger partial charge in [0.1, 0.15) is 12.1 Å². The summed E-state index contributed by atoms with van der Waals surface area (Å²) in [5, 5.41) is 6.14. The van der Waals surface area contributed by atoms with Gasteiger partial charge in [0.05, 0.1) is 11.6 Å². The van der Waals surface area contributed by atoms with Gasteiger partial charge >= 0.3 is 5.69 Å². The summed E-state index contributed by atoms with van der Waals surface area (Å²) in [5.41, 5.74) is 0.785. The first kappa shape index (κ1) is 10.5. The lowest BCUT2D eigenvalue weighted by Gasteiger charge is -2.07. The van der Waals surface area contributed by atoms with E-state index in [1.165, 1.54) is 10.7 Å². The Balaban J connectivity index is 2.47. The first-order valence-corrected chi connectivity index (χ1v) is 5.09. The van der Waals surface area contributed by atoms with Crippen molar-refractivity contribution in [1.82, 2.24) is 19.6 Å². The Morgan fingerprint density at radius 3 is 3.06 bits per heavy atom. The van der Waals surface area contributed by atoms with E-state index in [1.807, 2.05) is 6.92 Å². The van der Waals surface area contributed by atoms with Crippen LogP contribution in [0.4, 0.5) is 0 Å². The Bertz CT molecular complexity index is 584. The van der Waals surface area contributed by atoms with Crippen molar-refractivity contribution in [3.63, 3.8) is 0 Å². The summed E-state index contributed by atoms with van der Waals surface area (Å²) in [6.07, 6.45) is 1.86. The number of nitrogens with zero attached hydrogens (tertiary/aromatic N) is 3. The van der Waals surface area contributed by atoms with Crippen molar-refractivity contribution < 1.29 is 4.79 Å². The minimum Gasteiger partial charge on any atom is -0.299 e. The highest BCUT2D eigenvalue weighted by Gasteiger charge is 2.15. The van der Waals surface area contributed by atoms with Crippen LogP contribution in [0.5, 0.6) is 0 Å². The van der Waals surface area contributed by atoms with Crippen LogP contribution in [-0.2, 0) is 4.79 Å². The lowest BCUT2D eigenvalue weighted by molar-refractivity contribution is -0.119. The minimum absolute atomic E-state index is 0.120. The van der Waals surface area contributed by atoms with E-state index < -0.39 is 0 Å². The number of H-pyrrole nitrogens is 1. The first-order valence-electron chi connectivity index (χ1n) is 5.09. The average Bonchev–Trinajstić information content (AvgIpc) is 2.68. The summed E-state index contributed by atoms with van der Waals surface area (Å²) in [6.45, 7) is 3.62. The standard InChI is InChI=1S/C10H12N4O2/c1-3-8(15)6(2)7-4-9-12-13-10(16)14(9)5-11-7/h4-6H,3H2,1-2H3,(H,13,16). The van der Waals surface area contributed by atoms with Gasteiger partial charge in [-0.2, -0.15) is 5.10 Å². The molecule has 2 heterocycles. The van der Waals surface area contributed by atoms with Crippen LogP contribution in [-0.4, -0.2) is 25.4 Å². The van der Waals surface area contributed by atoms with Crippen molar-refractivity contribution >= 4 is 11.4 Å². The topological polar surface area (TPSA) is 80.1 Å². The fraction of sp³-hybridized carbons (Fsp3) is 0.400. The Morgan fingerprint density at radius 2 is 2.38 bits per heavy atom. The third-order valence-corrected chi connectivity index (χ3v) is 2.61. The molecule has 1 N–H and O–H groups in total. The largest absolute Gasteiger partial charge is 0.348 e. The van der Waals surface area contributed by atoms with Crippen LogP contribution < -0.4 is 5.69 Å². The highest BCUT2D eigenvalue weighted by atomic mass is 16.1. The number of aromatic amines is 1. The molecule has 16 heavy (non-hydrogen) atoms. The second-order valence-corrected chi connectivity index (χ2v) is 3.61. The second kappa shape index (κ2) is 3.88. The van der Waals surface area contributed by atoms with Crippen LogP contribution >= 0.6 is 0 Å². The lowest BCUT2D eigenvalue weighted by atomic mass is 10.0. The van der Waals surface area contributed by atoms with Gasteiger partial charge in [-0.3, -0.25) is 4.79 Å². The molecule has 0 radical (unpaired) electrons. The number of fused-ring (bicyclic) bond motifs is 1. The monoisotopic (exact) mass is 220 g/mol. The molecule has 84 valence electrons. The molecule has 0 aliphatic carbocycles. The number of carbonyl (C=O) groups is 1. The van der Waals surface area contributed by atoms with Crippen LogP contribution in [0.2, 0.25) is 0 Å². The SMILES string of the molecule is CCC(=O)C(C)c1cc2n[nH]c(=O)n2cn1. The summed E-state index contributed by atoms with van der Waals surface area (Å²) < 4.78 is 1.30. The molecule has 6 heteroatoms. The normalized spacial score (nSPS) is 12.9. The van der Waals surface area contributed by atoms with Gasteiger partial charge in [-0.05, 0) is 6.92 Å². The summed E-state index contributed by atoms with van der Waals surface area (Å²) in [4.78, 5) is 26.8. The number of hydrogen-bond donors (Lipinski definition) is 1. The van der Waals surface area contributed by atoms with E-state index in [9.17, 15) is 9.59 Å². The molecule has 0 aliphatic rings. The Morgan fingerprint density at radius 1 is 1.62 bits per heavy atom. The van der Waals surface area contributed by atoms with Crippen molar-refractivity contribution in [2.24, 2.45) is 0 Å². The van der Waals surface area contributed by atoms with Gasteiger partial charge in [0.25, 0.3) is 0 Å². The molecule has 0 saturated heterocycles. The molecular weight excluding hydrogens is 208 g/mol. The van der Waals surface area contributed by atoms with E-state index in [1.54, 1.807) is 13.0 Å². The fourth-order valence-corrected chi connectivity index (χ4v) is 1.53. The van der Waals surface area contributed by atoms with Crippen molar-refractivity contribution in [2.45, 2.75) is 26.2 Å². The summed E-state index contributed by atoms with van der Waals surface area (Å²) in [7, 11) is 0. The second-order valence-electron chi connectivity index (χ2n) is 3.61. The zero-order chi connectivity index (χ0) is 11.7. The summed E-state index contributed by atoms with van der Waals surface area (Å²) in [5.74, 6) is -0.142. The molecular formula is C10H12N4O2. The summed E-state index contributed by atoms with van der Waals surface area (Å²) >= 11 is 0. The van der Waals surface area contributed by atoms with Crippen molar-refractivity contribution in [3.8, 4) is 0 Å². The smallest absolute Gasteiger partial charge is 0.299 e. The zero-order valence-corrected chi connectivity index (χ0v) is 9.10. The molecule has 0 bridgehead atoms. The van der Waals surface area contributed by atoms with Crippen molar-refractivity contribution in [3.05, 3.63) is 28.6 Å². The highest BCUT2D eigenvalue weighted by molar-refractivity contribution is 5.84. The van der Waals surface area contributed by atoms with Crippen molar-refractivity contribution in [2.75, 3.05) is 0 Å². The van der Waals surface area contributed by atoms with Crippen LogP contribution in [0.3, 0.4) is 0 Å². The van der Waals surface area contributed by atoms with Crippen LogP contribution in [0.15, 0.2) is 17.2 Å². The molecule has 1 unspecified atom stereocenters. The molecule has 2 aromatic heterocycles. The third-order valence-electron chi connectivity index (χ3n) is 2.61. The number of hydrogen-bond acceptors (Lipinski definition) is 4. The van der Waals surface area contributed by atoms with E-state index in [2.05, 4.69) is 15.2 Å². The molecule has 1 atom stereocenters. The molecule has 0 spiro atoms. The van der Waals surface area contributed by atoms with Crippen LogP contribution in [0.1, 0.15) is 31.9 Å². The number of nitrogens with one attached hydrogen (secondary N) is 1. The molecule has 6 nitrogen and oxygen atoms in total. The number of aromatic nitrogens is 4. The van der Waals surface area contributed by atoms with Crippen LogP contribution in [0.25, 0.3) is 5.65 Å². The molecule has 2 aromatic rings. The molecule has 0 fully saturated rings. The fourth-order valence-electron chi connectivity index (χ4n) is 1.53. The molecule has 2 rings (SSSR count). The van der Waals surface area contributed by atoms with E-state index in [-0.39, 0.29) is 17.4 Å². The maximum atomic E-state index is 11.5. The van der Waals surface area contributed by atoms with Crippen molar-refractivity contribution in [1.29, 1.82) is 0 Å². The quantitative estimate of drug-likeness (QED) is 0.816. The molecule has 0 saturated carbocycles. The van der Waals surface area contributed by atoms with E-state index in [0.29, 0.717) is 17.8 Å². The minimum atomic E-state index is -0.330. The van der Waals surface area contributed by atoms with E-state index in [0.717, 1.165) is 0 Å². The number of ketones is 1. The zero-order valence-electron chi connectivity index (χ0n) is 9.10. The van der Waals surface area contributed by atoms with Gasteiger partial charge in [0.2, 0.25) is 0 Å². The molecule has 0 amide bonds. The number of Topliss-reactive ketones (excluding diaryl/α,β-unsaturated/α-hetero) is 1.